The van der Waals surface area contributed by atoms with Crippen molar-refractivity contribution in [1.29, 1.82) is 0 Å². The van der Waals surface area contributed by atoms with Crippen LogP contribution in [0.15, 0.2) is 57.7 Å². The first-order chi connectivity index (χ1) is 12.2. The molecule has 0 aliphatic heterocycles. The van der Waals surface area contributed by atoms with Crippen molar-refractivity contribution in [1.82, 2.24) is 0 Å². The van der Waals surface area contributed by atoms with Gasteiger partial charge >= 0.3 is 12.1 Å². The Hall–Kier alpha value is -3.09. The van der Waals surface area contributed by atoms with Gasteiger partial charge in [-0.2, -0.15) is 13.2 Å². The molecule has 7 heteroatoms. The van der Waals surface area contributed by atoms with Gasteiger partial charge in [0.25, 0.3) is 0 Å². The molecule has 1 atom stereocenters. The molecule has 3 aromatic rings. The Balaban J connectivity index is 2.12. The molecule has 0 amide bonds. The molecule has 0 spiro atoms. The van der Waals surface area contributed by atoms with Crippen molar-refractivity contribution in [3.8, 4) is 11.3 Å². The fraction of sp³-hybridized carbons (Fsp3) is 0.158. The van der Waals surface area contributed by atoms with E-state index in [4.69, 9.17) is 9.52 Å². The Morgan fingerprint density at radius 3 is 2.50 bits per heavy atom. The van der Waals surface area contributed by atoms with Crippen LogP contribution in [0.1, 0.15) is 24.0 Å². The number of hydrogen-bond acceptors (Lipinski definition) is 3. The Bertz CT molecular complexity index is 1050. The fourth-order valence-electron chi connectivity index (χ4n) is 2.58. The lowest BCUT2D eigenvalue weighted by Crippen LogP contribution is -2.09. The molecule has 1 aromatic heterocycles. The van der Waals surface area contributed by atoms with Crippen LogP contribution in [0.4, 0.5) is 13.2 Å². The zero-order chi connectivity index (χ0) is 19.1. The highest BCUT2D eigenvalue weighted by Crippen LogP contribution is 2.32. The minimum atomic E-state index is -4.50. The SMILES string of the molecule is CC(C(=O)O)c1ccc2oc(-c3cccc(C(F)(F)F)c3)cc(=O)c2c1. The fourth-order valence-corrected chi connectivity index (χ4v) is 2.58. The first-order valence-corrected chi connectivity index (χ1v) is 7.65. The van der Waals surface area contributed by atoms with Gasteiger partial charge in [0.1, 0.15) is 11.3 Å². The van der Waals surface area contributed by atoms with Crippen molar-refractivity contribution in [3.63, 3.8) is 0 Å². The summed E-state index contributed by atoms with van der Waals surface area (Å²) in [6.45, 7) is 1.49. The average Bonchev–Trinajstić information content (AvgIpc) is 2.60. The van der Waals surface area contributed by atoms with Gasteiger partial charge in [-0.25, -0.2) is 0 Å². The molecular weight excluding hydrogens is 349 g/mol. The van der Waals surface area contributed by atoms with Crippen molar-refractivity contribution < 1.29 is 27.5 Å². The van der Waals surface area contributed by atoms with E-state index in [1.807, 2.05) is 0 Å². The normalized spacial score (nSPS) is 12.9. The summed E-state index contributed by atoms with van der Waals surface area (Å²) < 4.78 is 44.2. The van der Waals surface area contributed by atoms with E-state index in [2.05, 4.69) is 0 Å². The smallest absolute Gasteiger partial charge is 0.416 e. The number of rotatable bonds is 3. The average molecular weight is 362 g/mol. The third kappa shape index (κ3) is 3.33. The number of benzene rings is 2. The summed E-state index contributed by atoms with van der Waals surface area (Å²) in [5.74, 6) is -1.83. The lowest BCUT2D eigenvalue weighted by molar-refractivity contribution is -0.138. The van der Waals surface area contributed by atoms with Crippen molar-refractivity contribution in [2.24, 2.45) is 0 Å². The van der Waals surface area contributed by atoms with Crippen LogP contribution >= 0.6 is 0 Å². The number of carboxylic acid groups (broad SMARTS) is 1. The molecule has 1 N–H and O–H groups in total. The second-order valence-corrected chi connectivity index (χ2v) is 5.87. The quantitative estimate of drug-likeness (QED) is 0.735. The summed E-state index contributed by atoms with van der Waals surface area (Å²) in [4.78, 5) is 23.4. The molecule has 0 aliphatic carbocycles. The molecule has 1 heterocycles. The number of hydrogen-bond donors (Lipinski definition) is 1. The van der Waals surface area contributed by atoms with Gasteiger partial charge in [-0.05, 0) is 36.8 Å². The Labute approximate surface area is 145 Å². The number of fused-ring (bicyclic) bond motifs is 1. The summed E-state index contributed by atoms with van der Waals surface area (Å²) >= 11 is 0. The van der Waals surface area contributed by atoms with Crippen LogP contribution < -0.4 is 5.43 Å². The van der Waals surface area contributed by atoms with E-state index in [1.165, 1.54) is 37.3 Å². The monoisotopic (exact) mass is 362 g/mol. The third-order valence-corrected chi connectivity index (χ3v) is 4.10. The molecule has 0 fully saturated rings. The Kier molecular flexibility index (Phi) is 4.31. The zero-order valence-electron chi connectivity index (χ0n) is 13.5. The highest BCUT2D eigenvalue weighted by molar-refractivity contribution is 5.82. The van der Waals surface area contributed by atoms with Gasteiger partial charge in [-0.15, -0.1) is 0 Å². The topological polar surface area (TPSA) is 67.5 Å². The summed E-state index contributed by atoms with van der Waals surface area (Å²) in [7, 11) is 0. The van der Waals surface area contributed by atoms with Crippen LogP contribution in [-0.2, 0) is 11.0 Å². The summed E-state index contributed by atoms with van der Waals surface area (Å²) in [6.07, 6.45) is -4.50. The molecule has 1 unspecified atom stereocenters. The summed E-state index contributed by atoms with van der Waals surface area (Å²) in [5, 5.41) is 9.24. The van der Waals surface area contributed by atoms with Gasteiger partial charge in [-0.3, -0.25) is 9.59 Å². The maximum atomic E-state index is 12.9. The van der Waals surface area contributed by atoms with Crippen LogP contribution in [0, 0.1) is 0 Å². The molecule has 26 heavy (non-hydrogen) atoms. The van der Waals surface area contributed by atoms with Gasteiger partial charge < -0.3 is 9.52 Å². The first-order valence-electron chi connectivity index (χ1n) is 7.65. The van der Waals surface area contributed by atoms with Crippen molar-refractivity contribution in [2.75, 3.05) is 0 Å². The zero-order valence-corrected chi connectivity index (χ0v) is 13.5. The highest BCUT2D eigenvalue weighted by Gasteiger charge is 2.30. The molecular formula is C19H13F3O4. The number of carbonyl (C=O) groups is 1. The maximum Gasteiger partial charge on any atom is 0.416 e. The number of halogens is 3. The van der Waals surface area contributed by atoms with Crippen LogP contribution in [-0.4, -0.2) is 11.1 Å². The van der Waals surface area contributed by atoms with Gasteiger partial charge in [0.2, 0.25) is 0 Å². The lowest BCUT2D eigenvalue weighted by Gasteiger charge is -2.10. The van der Waals surface area contributed by atoms with Gasteiger partial charge in [-0.1, -0.05) is 18.2 Å². The van der Waals surface area contributed by atoms with E-state index in [9.17, 15) is 22.8 Å². The van der Waals surface area contributed by atoms with Crippen molar-refractivity contribution >= 4 is 16.9 Å². The minimum absolute atomic E-state index is 0.00707. The highest BCUT2D eigenvalue weighted by atomic mass is 19.4. The van der Waals surface area contributed by atoms with E-state index in [1.54, 1.807) is 0 Å². The standard InChI is InChI=1S/C19H13F3O4/c1-10(18(24)25)11-5-6-16-14(8-11)15(23)9-17(26-16)12-3-2-4-13(7-12)19(20,21)22/h2-10H,1H3,(H,24,25). The number of carboxylic acids is 1. The second kappa shape index (κ2) is 6.33. The largest absolute Gasteiger partial charge is 0.481 e. The summed E-state index contributed by atoms with van der Waals surface area (Å²) in [5.41, 5.74) is -0.571. The predicted octanol–water partition coefficient (Wildman–Crippen LogP) is 4.67. The van der Waals surface area contributed by atoms with E-state index in [0.717, 1.165) is 18.2 Å². The molecule has 0 bridgehead atoms. The molecule has 0 saturated carbocycles. The van der Waals surface area contributed by atoms with Gasteiger partial charge in [0, 0.05) is 11.6 Å². The van der Waals surface area contributed by atoms with Crippen molar-refractivity contribution in [3.05, 3.63) is 69.9 Å². The van der Waals surface area contributed by atoms with Crippen molar-refractivity contribution in [2.45, 2.75) is 19.0 Å². The van der Waals surface area contributed by atoms with E-state index < -0.39 is 29.1 Å². The molecule has 3 rings (SSSR count). The lowest BCUT2D eigenvalue weighted by atomic mass is 9.99. The van der Waals surface area contributed by atoms with Crippen LogP contribution in [0.3, 0.4) is 0 Å². The Morgan fingerprint density at radius 1 is 1.12 bits per heavy atom. The van der Waals surface area contributed by atoms with E-state index >= 15 is 0 Å². The number of alkyl halides is 3. The molecule has 0 radical (unpaired) electrons. The van der Waals surface area contributed by atoms with Gasteiger partial charge in [0.15, 0.2) is 5.43 Å². The summed E-state index contributed by atoms with van der Waals surface area (Å²) in [6, 6.07) is 9.99. The third-order valence-electron chi connectivity index (χ3n) is 4.10. The predicted molar refractivity (Wildman–Crippen MR) is 89.0 cm³/mol. The van der Waals surface area contributed by atoms with Crippen LogP contribution in [0.25, 0.3) is 22.3 Å². The molecule has 4 nitrogen and oxygen atoms in total. The maximum absolute atomic E-state index is 12.9. The van der Waals surface area contributed by atoms with E-state index in [-0.39, 0.29) is 22.3 Å². The minimum Gasteiger partial charge on any atom is -0.481 e. The van der Waals surface area contributed by atoms with Crippen LogP contribution in [0.5, 0.6) is 0 Å². The Morgan fingerprint density at radius 2 is 1.85 bits per heavy atom. The molecule has 0 aliphatic rings. The molecule has 134 valence electrons. The van der Waals surface area contributed by atoms with Gasteiger partial charge in [0.05, 0.1) is 16.9 Å². The first kappa shape index (κ1) is 17.7. The van der Waals surface area contributed by atoms with E-state index in [0.29, 0.717) is 5.56 Å². The number of aliphatic carboxylic acids is 1. The molecule has 0 saturated heterocycles. The van der Waals surface area contributed by atoms with Crippen LogP contribution in [0.2, 0.25) is 0 Å². The second-order valence-electron chi connectivity index (χ2n) is 5.87. The molecule has 2 aromatic carbocycles.